The molecule has 0 unspecified atom stereocenters. The normalized spacial score (nSPS) is 12.6. The molecule has 0 radical (unpaired) electrons. The summed E-state index contributed by atoms with van der Waals surface area (Å²) in [5.74, 6) is -0.683. The van der Waals surface area contributed by atoms with Crippen molar-refractivity contribution in [2.75, 3.05) is 6.54 Å². The number of nitrogens with two attached hydrogens (primary N) is 1. The predicted molar refractivity (Wildman–Crippen MR) is 74.5 cm³/mol. The van der Waals surface area contributed by atoms with Gasteiger partial charge in [-0.2, -0.15) is 0 Å². The van der Waals surface area contributed by atoms with Crippen molar-refractivity contribution in [3.05, 3.63) is 35.6 Å². The lowest BCUT2D eigenvalue weighted by molar-refractivity contribution is 0.391. The van der Waals surface area contributed by atoms with E-state index in [1.54, 1.807) is 6.07 Å². The molecule has 0 atom stereocenters. The highest BCUT2D eigenvalue weighted by Crippen LogP contribution is 2.12. The largest absolute Gasteiger partial charge is 0.324 e. The van der Waals surface area contributed by atoms with Gasteiger partial charge >= 0.3 is 0 Å². The summed E-state index contributed by atoms with van der Waals surface area (Å²) in [6.07, 6.45) is 1.37. The molecule has 19 heavy (non-hydrogen) atoms. The Hall–Kier alpha value is -0.980. The molecule has 0 aromatic heterocycles. The minimum Gasteiger partial charge on any atom is -0.324 e. The number of rotatable bonds is 7. The van der Waals surface area contributed by atoms with Crippen molar-refractivity contribution in [3.63, 3.8) is 0 Å². The van der Waals surface area contributed by atoms with Gasteiger partial charge < -0.3 is 5.73 Å². The Morgan fingerprint density at radius 1 is 1.32 bits per heavy atom. The van der Waals surface area contributed by atoms with Gasteiger partial charge in [0.2, 0.25) is 10.0 Å². The summed E-state index contributed by atoms with van der Waals surface area (Å²) in [4.78, 5) is 0. The van der Waals surface area contributed by atoms with Crippen LogP contribution in [0.3, 0.4) is 0 Å². The molecule has 0 bridgehead atoms. The van der Waals surface area contributed by atoms with E-state index < -0.39 is 21.4 Å². The highest BCUT2D eigenvalue weighted by Gasteiger charge is 2.23. The van der Waals surface area contributed by atoms with Crippen molar-refractivity contribution in [2.45, 2.75) is 38.0 Å². The fraction of sp³-hybridized carbons (Fsp3) is 0.538. The van der Waals surface area contributed by atoms with Crippen LogP contribution in [0.4, 0.5) is 4.39 Å². The minimum absolute atomic E-state index is 0.192. The molecular weight excluding hydrogens is 267 g/mol. The zero-order chi connectivity index (χ0) is 14.5. The van der Waals surface area contributed by atoms with Crippen LogP contribution in [0, 0.1) is 5.82 Å². The van der Waals surface area contributed by atoms with Crippen LogP contribution in [0.2, 0.25) is 0 Å². The summed E-state index contributed by atoms with van der Waals surface area (Å²) in [5, 5.41) is 0. The number of hydrogen-bond acceptors (Lipinski definition) is 3. The van der Waals surface area contributed by atoms with E-state index in [0.717, 1.165) is 0 Å². The second-order valence-electron chi connectivity index (χ2n) is 4.78. The van der Waals surface area contributed by atoms with Crippen LogP contribution in [-0.4, -0.2) is 20.5 Å². The second kappa shape index (κ2) is 6.45. The third-order valence-corrected chi connectivity index (χ3v) is 4.60. The first-order valence-corrected chi connectivity index (χ1v) is 7.96. The van der Waals surface area contributed by atoms with Crippen molar-refractivity contribution < 1.29 is 12.8 Å². The van der Waals surface area contributed by atoms with Gasteiger partial charge in [0.25, 0.3) is 0 Å². The molecule has 0 heterocycles. The topological polar surface area (TPSA) is 72.2 Å². The van der Waals surface area contributed by atoms with Crippen molar-refractivity contribution >= 4 is 10.0 Å². The Bertz CT molecular complexity index is 513. The zero-order valence-electron chi connectivity index (χ0n) is 11.3. The highest BCUT2D eigenvalue weighted by molar-refractivity contribution is 7.88. The first-order chi connectivity index (χ1) is 8.80. The van der Waals surface area contributed by atoms with Gasteiger partial charge in [-0.1, -0.05) is 26.0 Å². The highest BCUT2D eigenvalue weighted by atomic mass is 32.2. The molecule has 1 aromatic rings. The second-order valence-corrected chi connectivity index (χ2v) is 6.59. The molecule has 6 heteroatoms. The fourth-order valence-corrected chi connectivity index (χ4v) is 2.88. The van der Waals surface area contributed by atoms with E-state index in [1.165, 1.54) is 18.2 Å². The van der Waals surface area contributed by atoms with Gasteiger partial charge in [0.05, 0.1) is 5.75 Å². The van der Waals surface area contributed by atoms with E-state index >= 15 is 0 Å². The van der Waals surface area contributed by atoms with Crippen molar-refractivity contribution in [3.8, 4) is 0 Å². The Labute approximate surface area is 114 Å². The number of nitrogens with one attached hydrogen (secondary N) is 1. The average molecular weight is 288 g/mol. The van der Waals surface area contributed by atoms with Crippen molar-refractivity contribution in [1.29, 1.82) is 0 Å². The maximum atomic E-state index is 13.0. The SMILES string of the molecule is CCC(N)(CC)CNS(=O)(=O)Cc1cccc(F)c1. The van der Waals surface area contributed by atoms with Gasteiger partial charge in [0.1, 0.15) is 5.82 Å². The molecule has 0 amide bonds. The minimum atomic E-state index is -3.50. The smallest absolute Gasteiger partial charge is 0.215 e. The van der Waals surface area contributed by atoms with Crippen LogP contribution in [0.1, 0.15) is 32.3 Å². The summed E-state index contributed by atoms with van der Waals surface area (Å²) < 4.78 is 39.3. The lowest BCUT2D eigenvalue weighted by Gasteiger charge is -2.26. The molecule has 4 nitrogen and oxygen atoms in total. The van der Waals surface area contributed by atoms with Crippen molar-refractivity contribution in [2.24, 2.45) is 5.73 Å². The third-order valence-electron chi connectivity index (χ3n) is 3.30. The zero-order valence-corrected chi connectivity index (χ0v) is 12.1. The Morgan fingerprint density at radius 2 is 1.95 bits per heavy atom. The van der Waals surface area contributed by atoms with E-state index in [0.29, 0.717) is 18.4 Å². The van der Waals surface area contributed by atoms with E-state index in [2.05, 4.69) is 4.72 Å². The van der Waals surface area contributed by atoms with Gasteiger partial charge in [-0.15, -0.1) is 0 Å². The summed E-state index contributed by atoms with van der Waals surface area (Å²) >= 11 is 0. The number of benzene rings is 1. The first-order valence-electron chi connectivity index (χ1n) is 6.31. The maximum absolute atomic E-state index is 13.0. The average Bonchev–Trinajstić information content (AvgIpc) is 2.36. The molecule has 0 aliphatic rings. The Morgan fingerprint density at radius 3 is 2.47 bits per heavy atom. The molecule has 1 aromatic carbocycles. The van der Waals surface area contributed by atoms with E-state index in [4.69, 9.17) is 5.73 Å². The lowest BCUT2D eigenvalue weighted by Crippen LogP contribution is -2.49. The summed E-state index contributed by atoms with van der Waals surface area (Å²) in [5.41, 5.74) is 5.92. The Balaban J connectivity index is 2.67. The van der Waals surface area contributed by atoms with Crippen LogP contribution in [0.25, 0.3) is 0 Å². The molecular formula is C13H21FN2O2S. The van der Waals surface area contributed by atoms with E-state index in [1.807, 2.05) is 13.8 Å². The maximum Gasteiger partial charge on any atom is 0.215 e. The van der Waals surface area contributed by atoms with E-state index in [9.17, 15) is 12.8 Å². The summed E-state index contributed by atoms with van der Waals surface area (Å²) in [6.45, 7) is 4.03. The van der Waals surface area contributed by atoms with Gasteiger partial charge in [0.15, 0.2) is 0 Å². The van der Waals surface area contributed by atoms with Crippen molar-refractivity contribution in [1.82, 2.24) is 4.72 Å². The van der Waals surface area contributed by atoms with Gasteiger partial charge in [0, 0.05) is 12.1 Å². The molecule has 0 saturated carbocycles. The van der Waals surface area contributed by atoms with Gasteiger partial charge in [-0.25, -0.2) is 17.5 Å². The number of halogens is 1. The Kier molecular flexibility index (Phi) is 5.46. The van der Waals surface area contributed by atoms with Gasteiger partial charge in [-0.05, 0) is 30.5 Å². The van der Waals surface area contributed by atoms with Crippen LogP contribution in [0.5, 0.6) is 0 Å². The quantitative estimate of drug-likeness (QED) is 0.803. The monoisotopic (exact) mass is 288 g/mol. The summed E-state index contributed by atoms with van der Waals surface area (Å²) in [7, 11) is -3.50. The predicted octanol–water partition coefficient (Wildman–Crippen LogP) is 1.76. The number of sulfonamides is 1. The van der Waals surface area contributed by atoms with Gasteiger partial charge in [-0.3, -0.25) is 0 Å². The fourth-order valence-electron chi connectivity index (χ4n) is 1.65. The van der Waals surface area contributed by atoms with Crippen LogP contribution < -0.4 is 10.5 Å². The number of hydrogen-bond donors (Lipinski definition) is 2. The molecule has 3 N–H and O–H groups in total. The molecule has 0 aliphatic carbocycles. The van der Waals surface area contributed by atoms with Crippen LogP contribution in [-0.2, 0) is 15.8 Å². The molecule has 0 fully saturated rings. The van der Waals surface area contributed by atoms with E-state index in [-0.39, 0.29) is 12.3 Å². The third kappa shape index (κ3) is 5.26. The molecule has 0 saturated heterocycles. The van der Waals surface area contributed by atoms with Crippen LogP contribution >= 0.6 is 0 Å². The molecule has 0 aliphatic heterocycles. The molecule has 0 spiro atoms. The van der Waals surface area contributed by atoms with Crippen LogP contribution in [0.15, 0.2) is 24.3 Å². The lowest BCUT2D eigenvalue weighted by atomic mass is 9.95. The summed E-state index contributed by atoms with van der Waals surface area (Å²) in [6, 6.07) is 5.57. The molecule has 108 valence electrons. The molecule has 1 rings (SSSR count). The standard InChI is InChI=1S/C13H21FN2O2S/c1-3-13(15,4-2)10-16-19(17,18)9-11-6-5-7-12(14)8-11/h5-8,16H,3-4,9-10,15H2,1-2H3. The first kappa shape index (κ1) is 16.1.